The molecular weight excluding hydrogens is 264 g/mol. The SMILES string of the molecule is COc1ccc2c(c1)[C@H](O)CC(c1ccc(C)c(C)c1)O2. The molecule has 0 fully saturated rings. The van der Waals surface area contributed by atoms with Crippen LogP contribution in [0.5, 0.6) is 11.5 Å². The minimum absolute atomic E-state index is 0.111. The number of ether oxygens (including phenoxy) is 2. The molecule has 0 amide bonds. The molecule has 0 aromatic heterocycles. The monoisotopic (exact) mass is 284 g/mol. The van der Waals surface area contributed by atoms with Crippen molar-refractivity contribution in [3.05, 3.63) is 58.7 Å². The number of hydrogen-bond donors (Lipinski definition) is 1. The lowest BCUT2D eigenvalue weighted by Gasteiger charge is -2.30. The Morgan fingerprint density at radius 3 is 2.62 bits per heavy atom. The fraction of sp³-hybridized carbons (Fsp3) is 0.333. The van der Waals surface area contributed by atoms with Crippen molar-refractivity contribution in [3.63, 3.8) is 0 Å². The number of benzene rings is 2. The number of hydrogen-bond acceptors (Lipinski definition) is 3. The van der Waals surface area contributed by atoms with Gasteiger partial charge in [-0.3, -0.25) is 0 Å². The molecule has 21 heavy (non-hydrogen) atoms. The number of aliphatic hydroxyl groups is 1. The Labute approximate surface area is 125 Å². The van der Waals surface area contributed by atoms with Crippen molar-refractivity contribution in [1.82, 2.24) is 0 Å². The maximum absolute atomic E-state index is 10.4. The molecule has 110 valence electrons. The summed E-state index contributed by atoms with van der Waals surface area (Å²) < 4.78 is 11.3. The van der Waals surface area contributed by atoms with Crippen molar-refractivity contribution in [2.75, 3.05) is 7.11 Å². The summed E-state index contributed by atoms with van der Waals surface area (Å²) in [5.74, 6) is 1.47. The summed E-state index contributed by atoms with van der Waals surface area (Å²) in [6.45, 7) is 4.19. The number of aliphatic hydroxyl groups excluding tert-OH is 1. The van der Waals surface area contributed by atoms with E-state index in [2.05, 4.69) is 32.0 Å². The summed E-state index contributed by atoms with van der Waals surface area (Å²) in [5, 5.41) is 10.4. The summed E-state index contributed by atoms with van der Waals surface area (Å²) in [6.07, 6.45) is -0.0847. The average molecular weight is 284 g/mol. The van der Waals surface area contributed by atoms with E-state index in [0.717, 1.165) is 22.6 Å². The Morgan fingerprint density at radius 1 is 1.10 bits per heavy atom. The van der Waals surface area contributed by atoms with E-state index in [-0.39, 0.29) is 6.10 Å². The molecule has 1 N–H and O–H groups in total. The third-order valence-electron chi connectivity index (χ3n) is 4.19. The van der Waals surface area contributed by atoms with Gasteiger partial charge < -0.3 is 14.6 Å². The van der Waals surface area contributed by atoms with E-state index < -0.39 is 6.10 Å². The Hall–Kier alpha value is -2.00. The van der Waals surface area contributed by atoms with Crippen LogP contribution in [0.4, 0.5) is 0 Å². The van der Waals surface area contributed by atoms with Gasteiger partial charge in [0.2, 0.25) is 0 Å². The Kier molecular flexibility index (Phi) is 3.60. The molecule has 2 aromatic carbocycles. The standard InChI is InChI=1S/C18H20O3/c1-11-4-5-13(8-12(11)2)18-10-16(19)15-9-14(20-3)6-7-17(15)21-18/h4-9,16,18-19H,10H2,1-3H3/t16-,18?/m1/s1. The molecule has 1 heterocycles. The van der Waals surface area contributed by atoms with Gasteiger partial charge in [0.05, 0.1) is 13.2 Å². The second-order valence-corrected chi connectivity index (χ2v) is 5.61. The van der Waals surface area contributed by atoms with Gasteiger partial charge in [0.15, 0.2) is 0 Å². The van der Waals surface area contributed by atoms with Gasteiger partial charge >= 0.3 is 0 Å². The molecule has 2 atom stereocenters. The summed E-state index contributed by atoms with van der Waals surface area (Å²) in [5.41, 5.74) is 4.42. The molecule has 0 aliphatic carbocycles. The fourth-order valence-corrected chi connectivity index (χ4v) is 2.72. The zero-order valence-electron chi connectivity index (χ0n) is 12.6. The first-order valence-electron chi connectivity index (χ1n) is 7.18. The number of aryl methyl sites for hydroxylation is 2. The lowest BCUT2D eigenvalue weighted by molar-refractivity contribution is 0.0654. The summed E-state index contributed by atoms with van der Waals surface area (Å²) in [7, 11) is 1.62. The van der Waals surface area contributed by atoms with Crippen LogP contribution in [-0.4, -0.2) is 12.2 Å². The van der Waals surface area contributed by atoms with Crippen molar-refractivity contribution in [2.24, 2.45) is 0 Å². The minimum Gasteiger partial charge on any atom is -0.497 e. The van der Waals surface area contributed by atoms with E-state index in [9.17, 15) is 5.11 Å². The van der Waals surface area contributed by atoms with Crippen LogP contribution in [0.2, 0.25) is 0 Å². The van der Waals surface area contributed by atoms with Gasteiger partial charge in [0.1, 0.15) is 17.6 Å². The van der Waals surface area contributed by atoms with Crippen molar-refractivity contribution in [2.45, 2.75) is 32.5 Å². The molecule has 3 nitrogen and oxygen atoms in total. The number of methoxy groups -OCH3 is 1. The van der Waals surface area contributed by atoms with Gasteiger partial charge in [0.25, 0.3) is 0 Å². The average Bonchev–Trinajstić information content (AvgIpc) is 2.49. The van der Waals surface area contributed by atoms with Gasteiger partial charge in [-0.2, -0.15) is 0 Å². The van der Waals surface area contributed by atoms with Crippen LogP contribution in [0, 0.1) is 13.8 Å². The summed E-state index contributed by atoms with van der Waals surface area (Å²) in [4.78, 5) is 0. The number of fused-ring (bicyclic) bond motifs is 1. The van der Waals surface area contributed by atoms with Crippen LogP contribution in [0.25, 0.3) is 0 Å². The van der Waals surface area contributed by atoms with Gasteiger partial charge in [-0.15, -0.1) is 0 Å². The molecule has 0 saturated heterocycles. The van der Waals surface area contributed by atoms with Crippen LogP contribution < -0.4 is 9.47 Å². The Balaban J connectivity index is 1.92. The molecular formula is C18H20O3. The van der Waals surface area contributed by atoms with Crippen molar-refractivity contribution >= 4 is 0 Å². The first-order valence-corrected chi connectivity index (χ1v) is 7.18. The predicted octanol–water partition coefficient (Wildman–Crippen LogP) is 3.87. The quantitative estimate of drug-likeness (QED) is 0.910. The molecule has 0 radical (unpaired) electrons. The third-order valence-corrected chi connectivity index (χ3v) is 4.19. The smallest absolute Gasteiger partial charge is 0.127 e. The highest BCUT2D eigenvalue weighted by Gasteiger charge is 2.28. The largest absolute Gasteiger partial charge is 0.497 e. The zero-order chi connectivity index (χ0) is 15.0. The highest BCUT2D eigenvalue weighted by Crippen LogP contribution is 2.42. The zero-order valence-corrected chi connectivity index (χ0v) is 12.6. The van der Waals surface area contributed by atoms with Crippen molar-refractivity contribution < 1.29 is 14.6 Å². The van der Waals surface area contributed by atoms with Crippen LogP contribution in [0.3, 0.4) is 0 Å². The van der Waals surface area contributed by atoms with E-state index in [1.54, 1.807) is 7.11 Å². The highest BCUT2D eigenvalue weighted by atomic mass is 16.5. The minimum atomic E-state index is -0.532. The summed E-state index contributed by atoms with van der Waals surface area (Å²) >= 11 is 0. The van der Waals surface area contributed by atoms with Gasteiger partial charge in [-0.25, -0.2) is 0 Å². The maximum Gasteiger partial charge on any atom is 0.127 e. The molecule has 1 unspecified atom stereocenters. The van der Waals surface area contributed by atoms with Gasteiger partial charge in [-0.05, 0) is 48.7 Å². The predicted molar refractivity (Wildman–Crippen MR) is 81.9 cm³/mol. The van der Waals surface area contributed by atoms with E-state index in [1.807, 2.05) is 18.2 Å². The molecule has 1 aliphatic heterocycles. The van der Waals surface area contributed by atoms with E-state index in [1.165, 1.54) is 11.1 Å². The van der Waals surface area contributed by atoms with E-state index in [0.29, 0.717) is 6.42 Å². The first-order chi connectivity index (χ1) is 10.1. The molecule has 0 spiro atoms. The molecule has 1 aliphatic rings. The van der Waals surface area contributed by atoms with Crippen LogP contribution in [-0.2, 0) is 0 Å². The fourth-order valence-electron chi connectivity index (χ4n) is 2.72. The van der Waals surface area contributed by atoms with Crippen LogP contribution in [0.15, 0.2) is 36.4 Å². The molecule has 3 heteroatoms. The van der Waals surface area contributed by atoms with Gasteiger partial charge in [-0.1, -0.05) is 18.2 Å². The summed E-state index contributed by atoms with van der Waals surface area (Å²) in [6, 6.07) is 11.9. The normalized spacial score (nSPS) is 20.6. The molecule has 0 bridgehead atoms. The lowest BCUT2D eigenvalue weighted by Crippen LogP contribution is -2.19. The highest BCUT2D eigenvalue weighted by molar-refractivity contribution is 5.44. The third kappa shape index (κ3) is 2.61. The molecule has 2 aromatic rings. The Bertz CT molecular complexity index is 664. The van der Waals surface area contributed by atoms with E-state index >= 15 is 0 Å². The van der Waals surface area contributed by atoms with Gasteiger partial charge in [0, 0.05) is 12.0 Å². The van der Waals surface area contributed by atoms with Crippen molar-refractivity contribution in [3.8, 4) is 11.5 Å². The van der Waals surface area contributed by atoms with Crippen molar-refractivity contribution in [1.29, 1.82) is 0 Å². The van der Waals surface area contributed by atoms with Crippen LogP contribution in [0.1, 0.15) is 40.9 Å². The second kappa shape index (κ2) is 5.41. The lowest BCUT2D eigenvalue weighted by atomic mass is 9.93. The number of rotatable bonds is 2. The maximum atomic E-state index is 10.4. The first kappa shape index (κ1) is 14.0. The van der Waals surface area contributed by atoms with E-state index in [4.69, 9.17) is 9.47 Å². The second-order valence-electron chi connectivity index (χ2n) is 5.61. The Morgan fingerprint density at radius 2 is 1.90 bits per heavy atom. The van der Waals surface area contributed by atoms with Crippen LogP contribution >= 0.6 is 0 Å². The molecule has 3 rings (SSSR count). The molecule has 0 saturated carbocycles. The topological polar surface area (TPSA) is 38.7 Å².